The van der Waals surface area contributed by atoms with E-state index in [1.807, 2.05) is 12.1 Å². The normalized spacial score (nSPS) is 10.6. The van der Waals surface area contributed by atoms with Gasteiger partial charge in [-0.25, -0.2) is 0 Å². The molecule has 0 saturated heterocycles. The van der Waals surface area contributed by atoms with Crippen molar-refractivity contribution >= 4 is 26.7 Å². The van der Waals surface area contributed by atoms with E-state index in [1.165, 1.54) is 20.8 Å². The third kappa shape index (κ3) is 6.51. The van der Waals surface area contributed by atoms with Gasteiger partial charge < -0.3 is 18.0 Å². The van der Waals surface area contributed by atoms with Gasteiger partial charge in [-0.1, -0.05) is 12.1 Å². The number of benzene rings is 1. The Labute approximate surface area is 135 Å². The largest absolute Gasteiger partial charge is 0.705 e. The first kappa shape index (κ1) is 18.7. The molecule has 0 unspecified atom stereocenters. The lowest BCUT2D eigenvalue weighted by Gasteiger charge is -2.26. The molecule has 0 aliphatic carbocycles. The van der Waals surface area contributed by atoms with Crippen LogP contribution in [0.2, 0.25) is 6.04 Å². The molecule has 0 aliphatic rings. The van der Waals surface area contributed by atoms with E-state index in [-0.39, 0.29) is 6.04 Å². The van der Waals surface area contributed by atoms with Crippen LogP contribution in [-0.2, 0) is 34.1 Å². The molecule has 0 amide bonds. The van der Waals surface area contributed by atoms with Crippen molar-refractivity contribution in [3.8, 4) is 5.75 Å². The average molecular weight is 340 g/mol. The Morgan fingerprint density at radius 2 is 1.30 bits per heavy atom. The standard InChI is InChI=1S/C15H20O7Si/c1-11(16)20-23(21-12(2)17,22-13(3)18)10-9-14-5-7-15(19-4)8-6-14/h5-8H,9-10H2,1-4H3. The van der Waals surface area contributed by atoms with Crippen LogP contribution in [0.4, 0.5) is 0 Å². The topological polar surface area (TPSA) is 88.1 Å². The highest BCUT2D eigenvalue weighted by molar-refractivity contribution is 6.65. The molecular formula is C15H20O7Si. The monoisotopic (exact) mass is 340 g/mol. The van der Waals surface area contributed by atoms with Gasteiger partial charge in [0.2, 0.25) is 0 Å². The Morgan fingerprint density at radius 3 is 1.65 bits per heavy atom. The van der Waals surface area contributed by atoms with Crippen LogP contribution in [0.1, 0.15) is 26.3 Å². The van der Waals surface area contributed by atoms with Crippen LogP contribution in [0, 0.1) is 0 Å². The van der Waals surface area contributed by atoms with Gasteiger partial charge in [0.1, 0.15) is 5.75 Å². The molecule has 23 heavy (non-hydrogen) atoms. The van der Waals surface area contributed by atoms with Crippen LogP contribution in [0.3, 0.4) is 0 Å². The second-order valence-corrected chi connectivity index (χ2v) is 7.29. The van der Waals surface area contributed by atoms with Gasteiger partial charge in [0, 0.05) is 20.8 Å². The lowest BCUT2D eigenvalue weighted by Crippen LogP contribution is -2.49. The summed E-state index contributed by atoms with van der Waals surface area (Å²) in [6.07, 6.45) is 0.407. The number of ether oxygens (including phenoxy) is 1. The highest BCUT2D eigenvalue weighted by Crippen LogP contribution is 2.21. The van der Waals surface area contributed by atoms with Crippen molar-refractivity contribution < 1.29 is 32.4 Å². The quantitative estimate of drug-likeness (QED) is 0.700. The van der Waals surface area contributed by atoms with Gasteiger partial charge in [0.25, 0.3) is 17.9 Å². The number of aryl methyl sites for hydroxylation is 1. The van der Waals surface area contributed by atoms with Crippen LogP contribution in [0.25, 0.3) is 0 Å². The molecule has 8 heteroatoms. The maximum atomic E-state index is 11.3. The summed E-state index contributed by atoms with van der Waals surface area (Å²) >= 11 is 0. The lowest BCUT2D eigenvalue weighted by molar-refractivity contribution is -0.147. The summed E-state index contributed by atoms with van der Waals surface area (Å²) in [7, 11) is -2.20. The van der Waals surface area contributed by atoms with Crippen LogP contribution in [0.15, 0.2) is 24.3 Å². The zero-order chi connectivity index (χ0) is 17.5. The van der Waals surface area contributed by atoms with Gasteiger partial charge in [-0.2, -0.15) is 0 Å². The molecule has 0 radical (unpaired) electrons. The number of hydrogen-bond acceptors (Lipinski definition) is 7. The third-order valence-electron chi connectivity index (χ3n) is 2.78. The average Bonchev–Trinajstić information content (AvgIpc) is 2.43. The molecule has 1 rings (SSSR count). The molecule has 0 N–H and O–H groups in total. The number of hydrogen-bond donors (Lipinski definition) is 0. The molecule has 1 aromatic rings. The lowest BCUT2D eigenvalue weighted by atomic mass is 10.2. The minimum Gasteiger partial charge on any atom is -0.497 e. The summed E-state index contributed by atoms with van der Waals surface area (Å²) in [6.45, 7) is 3.51. The van der Waals surface area contributed by atoms with Crippen molar-refractivity contribution in [2.45, 2.75) is 33.2 Å². The summed E-state index contributed by atoms with van der Waals surface area (Å²) in [5.41, 5.74) is 0.897. The first-order valence-corrected chi connectivity index (χ1v) is 8.91. The van der Waals surface area contributed by atoms with Gasteiger partial charge in [-0.05, 0) is 24.1 Å². The SMILES string of the molecule is COc1ccc(CC[Si](OC(C)=O)(OC(C)=O)OC(C)=O)cc1. The van der Waals surface area contributed by atoms with Crippen molar-refractivity contribution in [1.82, 2.24) is 0 Å². The molecule has 126 valence electrons. The van der Waals surface area contributed by atoms with E-state index < -0.39 is 26.7 Å². The Kier molecular flexibility index (Phi) is 6.77. The van der Waals surface area contributed by atoms with E-state index in [1.54, 1.807) is 19.2 Å². The first-order valence-electron chi connectivity index (χ1n) is 6.98. The Hall–Kier alpha value is -2.35. The van der Waals surface area contributed by atoms with Crippen LogP contribution in [-0.4, -0.2) is 33.8 Å². The smallest absolute Gasteiger partial charge is 0.497 e. The predicted molar refractivity (Wildman–Crippen MR) is 82.6 cm³/mol. The van der Waals surface area contributed by atoms with E-state index in [9.17, 15) is 14.4 Å². The second-order valence-electron chi connectivity index (χ2n) is 4.81. The molecule has 0 fully saturated rings. The summed E-state index contributed by atoms with van der Waals surface area (Å²) in [6, 6.07) is 7.32. The van der Waals surface area contributed by atoms with Crippen LogP contribution < -0.4 is 4.74 Å². The highest BCUT2D eigenvalue weighted by Gasteiger charge is 2.51. The number of rotatable bonds is 7. The zero-order valence-electron chi connectivity index (χ0n) is 13.6. The van der Waals surface area contributed by atoms with E-state index in [4.69, 9.17) is 18.0 Å². The predicted octanol–water partition coefficient (Wildman–Crippen LogP) is 1.87. The fourth-order valence-electron chi connectivity index (χ4n) is 1.96. The molecule has 0 aromatic heterocycles. The van der Waals surface area contributed by atoms with E-state index >= 15 is 0 Å². The van der Waals surface area contributed by atoms with Crippen molar-refractivity contribution in [3.63, 3.8) is 0 Å². The fraction of sp³-hybridized carbons (Fsp3) is 0.400. The molecule has 0 bridgehead atoms. The number of carbonyl (C=O) groups excluding carboxylic acids is 3. The van der Waals surface area contributed by atoms with Crippen molar-refractivity contribution in [1.29, 1.82) is 0 Å². The molecule has 0 aliphatic heterocycles. The minimum atomic E-state index is -3.77. The summed E-state index contributed by atoms with van der Waals surface area (Å²) in [5, 5.41) is 0. The second kappa shape index (κ2) is 8.32. The van der Waals surface area contributed by atoms with E-state index in [0.29, 0.717) is 12.2 Å². The zero-order valence-corrected chi connectivity index (χ0v) is 14.6. The van der Waals surface area contributed by atoms with E-state index in [2.05, 4.69) is 0 Å². The van der Waals surface area contributed by atoms with Gasteiger partial charge in [-0.15, -0.1) is 0 Å². The van der Waals surface area contributed by atoms with Crippen molar-refractivity contribution in [2.75, 3.05) is 7.11 Å². The Morgan fingerprint density at radius 1 is 0.870 bits per heavy atom. The Bertz CT molecular complexity index is 527. The van der Waals surface area contributed by atoms with Gasteiger partial charge in [0.05, 0.1) is 13.2 Å². The summed E-state index contributed by atoms with van der Waals surface area (Å²) in [5.74, 6) is -1.31. The van der Waals surface area contributed by atoms with E-state index in [0.717, 1.165) is 5.56 Å². The fourth-order valence-corrected chi connectivity index (χ4v) is 4.30. The van der Waals surface area contributed by atoms with Crippen LogP contribution >= 0.6 is 0 Å². The maximum Gasteiger partial charge on any atom is 0.705 e. The number of methoxy groups -OCH3 is 1. The molecule has 0 heterocycles. The Balaban J connectivity index is 2.93. The maximum absolute atomic E-state index is 11.3. The molecule has 0 spiro atoms. The first-order chi connectivity index (χ1) is 10.8. The highest BCUT2D eigenvalue weighted by atomic mass is 28.4. The van der Waals surface area contributed by atoms with Gasteiger partial charge in [-0.3, -0.25) is 14.4 Å². The number of carbonyl (C=O) groups is 3. The van der Waals surface area contributed by atoms with Crippen LogP contribution in [0.5, 0.6) is 5.75 Å². The molecule has 0 saturated carbocycles. The molecular weight excluding hydrogens is 320 g/mol. The summed E-state index contributed by atoms with van der Waals surface area (Å²) < 4.78 is 20.4. The molecule has 1 aromatic carbocycles. The summed E-state index contributed by atoms with van der Waals surface area (Å²) in [4.78, 5) is 34.0. The van der Waals surface area contributed by atoms with Crippen molar-refractivity contribution in [2.24, 2.45) is 0 Å². The van der Waals surface area contributed by atoms with Crippen molar-refractivity contribution in [3.05, 3.63) is 29.8 Å². The minimum absolute atomic E-state index is 0.109. The van der Waals surface area contributed by atoms with Gasteiger partial charge >= 0.3 is 8.80 Å². The molecule has 0 atom stereocenters. The van der Waals surface area contributed by atoms with Gasteiger partial charge in [0.15, 0.2) is 0 Å². The third-order valence-corrected chi connectivity index (χ3v) is 5.43. The molecule has 7 nitrogen and oxygen atoms in total.